The zero-order valence-electron chi connectivity index (χ0n) is 10.7. The predicted molar refractivity (Wildman–Crippen MR) is 69.8 cm³/mol. The summed E-state index contributed by atoms with van der Waals surface area (Å²) in [6, 6.07) is 6.39. The molecular formula is C15H19NO2. The van der Waals surface area contributed by atoms with Gasteiger partial charge in [-0.05, 0) is 48.3 Å². The first kappa shape index (κ1) is 11.6. The first-order chi connectivity index (χ1) is 8.75. The summed E-state index contributed by atoms with van der Waals surface area (Å²) in [5.41, 5.74) is 2.85. The molecule has 3 heteroatoms. The predicted octanol–water partition coefficient (Wildman–Crippen LogP) is 2.25. The van der Waals surface area contributed by atoms with Gasteiger partial charge in [-0.3, -0.25) is 4.79 Å². The molecule has 1 fully saturated rings. The second kappa shape index (κ2) is 4.63. The third-order valence-corrected chi connectivity index (χ3v) is 3.93. The summed E-state index contributed by atoms with van der Waals surface area (Å²) in [4.78, 5) is 10.9. The standard InChI is InChI=1S/C15H19NO2/c1-10(17)16-9-11-8-14(11)12-4-2-6-15-13(12)5-3-7-18-15/h2,4,6,11,14H,3,5,7-9H2,1H3,(H,16,17). The van der Waals surface area contributed by atoms with E-state index in [0.29, 0.717) is 11.8 Å². The van der Waals surface area contributed by atoms with Crippen molar-refractivity contribution in [2.24, 2.45) is 5.92 Å². The molecule has 1 aliphatic carbocycles. The van der Waals surface area contributed by atoms with Gasteiger partial charge in [0.15, 0.2) is 0 Å². The number of ether oxygens (including phenoxy) is 1. The Kier molecular flexibility index (Phi) is 2.98. The molecule has 1 aliphatic heterocycles. The van der Waals surface area contributed by atoms with Crippen LogP contribution in [-0.4, -0.2) is 19.1 Å². The van der Waals surface area contributed by atoms with Crippen LogP contribution in [0.4, 0.5) is 0 Å². The molecule has 2 unspecified atom stereocenters. The molecule has 1 saturated carbocycles. The van der Waals surface area contributed by atoms with Gasteiger partial charge >= 0.3 is 0 Å². The van der Waals surface area contributed by atoms with Gasteiger partial charge in [0.05, 0.1) is 6.61 Å². The Balaban J connectivity index is 1.72. The minimum Gasteiger partial charge on any atom is -0.493 e. The minimum absolute atomic E-state index is 0.0686. The van der Waals surface area contributed by atoms with E-state index < -0.39 is 0 Å². The van der Waals surface area contributed by atoms with Gasteiger partial charge < -0.3 is 10.1 Å². The highest BCUT2D eigenvalue weighted by Crippen LogP contribution is 2.49. The molecule has 18 heavy (non-hydrogen) atoms. The van der Waals surface area contributed by atoms with Crippen molar-refractivity contribution >= 4 is 5.91 Å². The number of benzene rings is 1. The van der Waals surface area contributed by atoms with Gasteiger partial charge in [0.1, 0.15) is 5.75 Å². The van der Waals surface area contributed by atoms with Crippen molar-refractivity contribution in [3.8, 4) is 5.75 Å². The summed E-state index contributed by atoms with van der Waals surface area (Å²) >= 11 is 0. The summed E-state index contributed by atoms with van der Waals surface area (Å²) < 4.78 is 5.71. The fourth-order valence-electron chi connectivity index (χ4n) is 2.89. The van der Waals surface area contributed by atoms with Crippen LogP contribution < -0.4 is 10.1 Å². The number of amides is 1. The van der Waals surface area contributed by atoms with E-state index in [0.717, 1.165) is 31.7 Å². The number of hydrogen-bond acceptors (Lipinski definition) is 2. The monoisotopic (exact) mass is 245 g/mol. The van der Waals surface area contributed by atoms with Gasteiger partial charge in [-0.25, -0.2) is 0 Å². The topological polar surface area (TPSA) is 38.3 Å². The zero-order chi connectivity index (χ0) is 12.5. The molecule has 3 nitrogen and oxygen atoms in total. The van der Waals surface area contributed by atoms with E-state index in [1.165, 1.54) is 17.5 Å². The van der Waals surface area contributed by atoms with Gasteiger partial charge in [-0.15, -0.1) is 0 Å². The smallest absolute Gasteiger partial charge is 0.216 e. The quantitative estimate of drug-likeness (QED) is 0.887. The first-order valence-electron chi connectivity index (χ1n) is 6.74. The van der Waals surface area contributed by atoms with E-state index in [9.17, 15) is 4.79 Å². The number of fused-ring (bicyclic) bond motifs is 1. The maximum atomic E-state index is 10.9. The summed E-state index contributed by atoms with van der Waals surface area (Å²) in [7, 11) is 0. The Morgan fingerprint density at radius 3 is 3.22 bits per heavy atom. The van der Waals surface area contributed by atoms with Crippen molar-refractivity contribution in [2.45, 2.75) is 32.1 Å². The van der Waals surface area contributed by atoms with Crippen LogP contribution in [0.2, 0.25) is 0 Å². The molecule has 1 aromatic rings. The lowest BCUT2D eigenvalue weighted by Gasteiger charge is -2.20. The molecule has 2 atom stereocenters. The Bertz CT molecular complexity index is 470. The molecule has 1 amide bonds. The van der Waals surface area contributed by atoms with E-state index in [2.05, 4.69) is 23.5 Å². The molecule has 0 saturated heterocycles. The summed E-state index contributed by atoms with van der Waals surface area (Å²) in [5.74, 6) is 2.37. The Morgan fingerprint density at radius 1 is 1.50 bits per heavy atom. The maximum absolute atomic E-state index is 10.9. The fourth-order valence-corrected chi connectivity index (χ4v) is 2.89. The molecule has 0 spiro atoms. The molecular weight excluding hydrogens is 226 g/mol. The van der Waals surface area contributed by atoms with Gasteiger partial charge in [-0.2, -0.15) is 0 Å². The average Bonchev–Trinajstić information content (AvgIpc) is 3.15. The summed E-state index contributed by atoms with van der Waals surface area (Å²) in [6.45, 7) is 3.23. The van der Waals surface area contributed by atoms with Gasteiger partial charge in [0.25, 0.3) is 0 Å². The van der Waals surface area contributed by atoms with Crippen LogP contribution in [0, 0.1) is 5.92 Å². The lowest BCUT2D eigenvalue weighted by molar-refractivity contribution is -0.119. The number of rotatable bonds is 3. The molecule has 0 bridgehead atoms. The molecule has 0 aromatic heterocycles. The van der Waals surface area contributed by atoms with Crippen molar-refractivity contribution in [3.05, 3.63) is 29.3 Å². The highest BCUT2D eigenvalue weighted by molar-refractivity contribution is 5.72. The van der Waals surface area contributed by atoms with E-state index in [1.807, 2.05) is 0 Å². The highest BCUT2D eigenvalue weighted by atomic mass is 16.5. The minimum atomic E-state index is 0.0686. The van der Waals surface area contributed by atoms with Crippen molar-refractivity contribution in [3.63, 3.8) is 0 Å². The van der Waals surface area contributed by atoms with E-state index in [-0.39, 0.29) is 5.91 Å². The van der Waals surface area contributed by atoms with Gasteiger partial charge in [0.2, 0.25) is 5.91 Å². The fraction of sp³-hybridized carbons (Fsp3) is 0.533. The van der Waals surface area contributed by atoms with E-state index in [1.54, 1.807) is 6.92 Å². The number of carbonyl (C=O) groups is 1. The Labute approximate surface area is 108 Å². The maximum Gasteiger partial charge on any atom is 0.216 e. The average molecular weight is 245 g/mol. The van der Waals surface area contributed by atoms with Crippen molar-refractivity contribution in [1.82, 2.24) is 5.32 Å². The van der Waals surface area contributed by atoms with Crippen LogP contribution >= 0.6 is 0 Å². The van der Waals surface area contributed by atoms with Crippen LogP contribution in [0.1, 0.15) is 36.8 Å². The van der Waals surface area contributed by atoms with Crippen molar-refractivity contribution < 1.29 is 9.53 Å². The summed E-state index contributed by atoms with van der Waals surface area (Å²) in [5, 5.41) is 2.92. The molecule has 3 rings (SSSR count). The first-order valence-corrected chi connectivity index (χ1v) is 6.74. The molecule has 1 heterocycles. The van der Waals surface area contributed by atoms with Crippen molar-refractivity contribution in [2.75, 3.05) is 13.2 Å². The van der Waals surface area contributed by atoms with Gasteiger partial charge in [0, 0.05) is 13.5 Å². The molecule has 1 N–H and O–H groups in total. The molecule has 2 aliphatic rings. The SMILES string of the molecule is CC(=O)NCC1CC1c1cccc2c1CCCO2. The zero-order valence-corrected chi connectivity index (χ0v) is 10.7. The molecule has 1 aromatic carbocycles. The third-order valence-electron chi connectivity index (χ3n) is 3.93. The molecule has 96 valence electrons. The van der Waals surface area contributed by atoms with E-state index in [4.69, 9.17) is 4.74 Å². The highest BCUT2D eigenvalue weighted by Gasteiger charge is 2.39. The van der Waals surface area contributed by atoms with E-state index >= 15 is 0 Å². The van der Waals surface area contributed by atoms with Crippen LogP contribution in [0.25, 0.3) is 0 Å². The third kappa shape index (κ3) is 2.22. The van der Waals surface area contributed by atoms with Crippen LogP contribution in [0.15, 0.2) is 18.2 Å². The second-order valence-electron chi connectivity index (χ2n) is 5.32. The molecule has 0 radical (unpaired) electrons. The second-order valence-corrected chi connectivity index (χ2v) is 5.32. The summed E-state index contributed by atoms with van der Waals surface area (Å²) in [6.07, 6.45) is 3.44. The van der Waals surface area contributed by atoms with Crippen molar-refractivity contribution in [1.29, 1.82) is 0 Å². The number of nitrogens with one attached hydrogen (secondary N) is 1. The van der Waals surface area contributed by atoms with Gasteiger partial charge in [-0.1, -0.05) is 12.1 Å². The number of hydrogen-bond donors (Lipinski definition) is 1. The largest absolute Gasteiger partial charge is 0.493 e. The Hall–Kier alpha value is -1.51. The lowest BCUT2D eigenvalue weighted by atomic mass is 9.96. The van der Waals surface area contributed by atoms with Crippen LogP contribution in [0.3, 0.4) is 0 Å². The normalized spacial score (nSPS) is 24.9. The van der Waals surface area contributed by atoms with Crippen LogP contribution in [-0.2, 0) is 11.2 Å². The Morgan fingerprint density at radius 2 is 2.39 bits per heavy atom. The number of carbonyl (C=O) groups excluding carboxylic acids is 1. The van der Waals surface area contributed by atoms with Crippen LogP contribution in [0.5, 0.6) is 5.75 Å². The lowest BCUT2D eigenvalue weighted by Crippen LogP contribution is -2.22.